The smallest absolute Gasteiger partial charge is 0.388 e. The largest absolute Gasteiger partial charge is 0.423 e. The van der Waals surface area contributed by atoms with Crippen molar-refractivity contribution in [2.24, 2.45) is 0 Å². The molecule has 0 aliphatic rings. The number of amides is 1. The number of benzene rings is 5. The molecule has 0 unspecified atom stereocenters. The van der Waals surface area contributed by atoms with Crippen molar-refractivity contribution in [3.8, 4) is 17.1 Å². The van der Waals surface area contributed by atoms with Crippen LogP contribution in [0.1, 0.15) is 16.7 Å². The minimum atomic E-state index is -0.887. The molecule has 0 aliphatic carbocycles. The number of ether oxygens (including phenoxy) is 1. The third-order valence-electron chi connectivity index (χ3n) is 8.89. The second kappa shape index (κ2) is 12.6. The van der Waals surface area contributed by atoms with Crippen LogP contribution in [0.2, 0.25) is 0 Å². The van der Waals surface area contributed by atoms with Crippen LogP contribution in [0.4, 0.5) is 10.6 Å². The van der Waals surface area contributed by atoms with Gasteiger partial charge in [0.2, 0.25) is 0 Å². The van der Waals surface area contributed by atoms with E-state index in [0.717, 1.165) is 22.3 Å². The lowest BCUT2D eigenvalue weighted by molar-refractivity contribution is 0.194. The topological polar surface area (TPSA) is 103 Å². The lowest BCUT2D eigenvalue weighted by Crippen LogP contribution is -2.37. The average molecular weight is 656 g/mol. The standard InChI is InChI=1S/C41H29N5O4/c1-45(40(48)50-39-34(28-16-6-2-7-17-28)32-24-14-15-25-33(32)38(47)49-39)36-35-37(43-26-42-36)46(27-44-35)41(29-18-8-3-9-19-29,30-20-10-4-11-21-30)31-22-12-5-13-23-31/h2-27H,1H3. The summed E-state index contributed by atoms with van der Waals surface area (Å²) in [5.74, 6) is -0.00457. The maximum absolute atomic E-state index is 13.9. The zero-order chi connectivity index (χ0) is 34.1. The molecular formula is C41H29N5O4. The van der Waals surface area contributed by atoms with Gasteiger partial charge >= 0.3 is 17.7 Å². The van der Waals surface area contributed by atoms with Crippen molar-refractivity contribution in [3.63, 3.8) is 0 Å². The van der Waals surface area contributed by atoms with E-state index in [1.54, 1.807) is 24.5 Å². The first-order valence-electron chi connectivity index (χ1n) is 16.0. The molecule has 0 atom stereocenters. The Morgan fingerprint density at radius 2 is 1.20 bits per heavy atom. The van der Waals surface area contributed by atoms with Crippen molar-refractivity contribution in [1.82, 2.24) is 19.5 Å². The van der Waals surface area contributed by atoms with Crippen LogP contribution in [0.25, 0.3) is 33.1 Å². The van der Waals surface area contributed by atoms with Crippen LogP contribution < -0.4 is 15.3 Å². The molecule has 0 saturated carbocycles. The van der Waals surface area contributed by atoms with E-state index in [-0.39, 0.29) is 11.8 Å². The van der Waals surface area contributed by atoms with Gasteiger partial charge in [-0.15, -0.1) is 0 Å². The molecule has 0 radical (unpaired) electrons. The average Bonchev–Trinajstić information content (AvgIpc) is 3.61. The maximum Gasteiger partial charge on any atom is 0.423 e. The summed E-state index contributed by atoms with van der Waals surface area (Å²) in [4.78, 5) is 42.2. The number of nitrogens with zero attached hydrogens (tertiary/aromatic N) is 5. The van der Waals surface area contributed by atoms with E-state index < -0.39 is 17.3 Å². The fourth-order valence-electron chi connectivity index (χ4n) is 6.63. The van der Waals surface area contributed by atoms with Crippen molar-refractivity contribution < 1.29 is 13.9 Å². The fourth-order valence-corrected chi connectivity index (χ4v) is 6.63. The molecule has 9 heteroatoms. The summed E-state index contributed by atoms with van der Waals surface area (Å²) >= 11 is 0. The minimum absolute atomic E-state index is 0.214. The van der Waals surface area contributed by atoms with Gasteiger partial charge in [-0.2, -0.15) is 0 Å². The highest BCUT2D eigenvalue weighted by Crippen LogP contribution is 2.43. The highest BCUT2D eigenvalue weighted by molar-refractivity contribution is 6.00. The number of carbonyl (C=O) groups is 1. The quantitative estimate of drug-likeness (QED) is 0.160. The Hall–Kier alpha value is -6.87. The van der Waals surface area contributed by atoms with Crippen LogP contribution >= 0.6 is 0 Å². The second-order valence-electron chi connectivity index (χ2n) is 11.7. The van der Waals surface area contributed by atoms with Crippen LogP contribution in [0.15, 0.2) is 167 Å². The van der Waals surface area contributed by atoms with Gasteiger partial charge in [0.05, 0.1) is 17.3 Å². The Morgan fingerprint density at radius 3 is 1.78 bits per heavy atom. The monoisotopic (exact) mass is 655 g/mol. The molecule has 0 saturated heterocycles. The SMILES string of the molecule is CN(C(=O)Oc1oc(=O)c2ccccc2c1-c1ccccc1)c1ncnc2c1ncn2C(c1ccccc1)(c1ccccc1)c1ccccc1. The number of aromatic nitrogens is 4. The summed E-state index contributed by atoms with van der Waals surface area (Å²) in [6, 6.07) is 46.9. The summed E-state index contributed by atoms with van der Waals surface area (Å²) < 4.78 is 13.5. The van der Waals surface area contributed by atoms with Gasteiger partial charge in [0.15, 0.2) is 17.0 Å². The van der Waals surface area contributed by atoms with E-state index >= 15 is 0 Å². The van der Waals surface area contributed by atoms with Gasteiger partial charge < -0.3 is 9.15 Å². The van der Waals surface area contributed by atoms with E-state index in [1.807, 2.05) is 95.6 Å². The highest BCUT2D eigenvalue weighted by Gasteiger charge is 2.40. The summed E-state index contributed by atoms with van der Waals surface area (Å²) in [6.07, 6.45) is 2.30. The molecule has 0 bridgehead atoms. The van der Waals surface area contributed by atoms with Gasteiger partial charge in [0.25, 0.3) is 0 Å². The predicted octanol–water partition coefficient (Wildman–Crippen LogP) is 8.08. The van der Waals surface area contributed by atoms with Crippen LogP contribution in [0.5, 0.6) is 5.95 Å². The van der Waals surface area contributed by atoms with E-state index in [1.165, 1.54) is 18.3 Å². The maximum atomic E-state index is 13.9. The molecule has 242 valence electrons. The first-order valence-corrected chi connectivity index (χ1v) is 16.0. The van der Waals surface area contributed by atoms with Gasteiger partial charge in [-0.3, -0.25) is 9.47 Å². The molecular weight excluding hydrogens is 626 g/mol. The van der Waals surface area contributed by atoms with Crippen LogP contribution in [-0.4, -0.2) is 32.7 Å². The number of carbonyl (C=O) groups excluding carboxylic acids is 1. The summed E-state index contributed by atoms with van der Waals surface area (Å²) in [5.41, 5.74) is 3.54. The third-order valence-corrected chi connectivity index (χ3v) is 8.89. The molecule has 9 nitrogen and oxygen atoms in total. The van der Waals surface area contributed by atoms with Gasteiger partial charge in [0, 0.05) is 12.4 Å². The molecule has 3 aromatic heterocycles. The lowest BCUT2D eigenvalue weighted by Gasteiger charge is -2.37. The molecule has 0 fully saturated rings. The number of hydrogen-bond acceptors (Lipinski definition) is 7. The number of rotatable bonds is 7. The van der Waals surface area contributed by atoms with Crippen molar-refractivity contribution in [3.05, 3.63) is 185 Å². The Kier molecular flexibility index (Phi) is 7.69. The summed E-state index contributed by atoms with van der Waals surface area (Å²) in [5, 5.41) is 0.976. The van der Waals surface area contributed by atoms with E-state index in [4.69, 9.17) is 19.1 Å². The van der Waals surface area contributed by atoms with Gasteiger partial charge in [-0.1, -0.05) is 140 Å². The van der Waals surface area contributed by atoms with Gasteiger partial charge in [-0.05, 0) is 28.3 Å². The van der Waals surface area contributed by atoms with Crippen molar-refractivity contribution in [2.45, 2.75) is 5.54 Å². The number of anilines is 1. The Balaban J connectivity index is 1.26. The number of imidazole rings is 1. The number of fused-ring (bicyclic) bond motifs is 2. The first kappa shape index (κ1) is 30.5. The summed E-state index contributed by atoms with van der Waals surface area (Å²) in [6.45, 7) is 0. The van der Waals surface area contributed by atoms with Crippen LogP contribution in [0.3, 0.4) is 0 Å². The normalized spacial score (nSPS) is 11.5. The van der Waals surface area contributed by atoms with E-state index in [9.17, 15) is 9.59 Å². The van der Waals surface area contributed by atoms with E-state index in [0.29, 0.717) is 27.5 Å². The zero-order valence-corrected chi connectivity index (χ0v) is 26.9. The fraction of sp³-hybridized carbons (Fsp3) is 0.0488. The summed E-state index contributed by atoms with van der Waals surface area (Å²) in [7, 11) is 1.53. The molecule has 8 aromatic rings. The molecule has 0 aliphatic heterocycles. The van der Waals surface area contributed by atoms with Crippen molar-refractivity contribution in [2.75, 3.05) is 11.9 Å². The van der Waals surface area contributed by atoms with Gasteiger partial charge in [-0.25, -0.2) is 24.5 Å². The lowest BCUT2D eigenvalue weighted by atomic mass is 9.76. The third kappa shape index (κ3) is 5.00. The Labute approximate surface area is 286 Å². The van der Waals surface area contributed by atoms with Crippen molar-refractivity contribution >= 4 is 33.8 Å². The molecule has 5 aromatic carbocycles. The molecule has 0 N–H and O–H groups in total. The number of hydrogen-bond donors (Lipinski definition) is 0. The molecule has 3 heterocycles. The Morgan fingerprint density at radius 1 is 0.680 bits per heavy atom. The molecule has 50 heavy (non-hydrogen) atoms. The first-order chi connectivity index (χ1) is 24.6. The van der Waals surface area contributed by atoms with Crippen molar-refractivity contribution in [1.29, 1.82) is 0 Å². The predicted molar refractivity (Wildman–Crippen MR) is 192 cm³/mol. The van der Waals surface area contributed by atoms with E-state index in [2.05, 4.69) is 41.4 Å². The minimum Gasteiger partial charge on any atom is -0.388 e. The molecule has 1 amide bonds. The van der Waals surface area contributed by atoms with Crippen LogP contribution in [-0.2, 0) is 5.54 Å². The van der Waals surface area contributed by atoms with Gasteiger partial charge in [0.1, 0.15) is 11.9 Å². The highest BCUT2D eigenvalue weighted by atomic mass is 16.6. The van der Waals surface area contributed by atoms with Crippen LogP contribution in [0, 0.1) is 0 Å². The Bertz CT molecular complexity index is 2420. The second-order valence-corrected chi connectivity index (χ2v) is 11.7. The molecule has 0 spiro atoms. The molecule has 8 rings (SSSR count). The zero-order valence-electron chi connectivity index (χ0n) is 26.9.